The molecule has 0 amide bonds. The quantitative estimate of drug-likeness (QED) is 0.691. The maximum Gasteiger partial charge on any atom is 0.341 e. The number of phenolic OH excluding ortho intramolecular Hbond substituents is 1. The number of hydrogen-bond donors (Lipinski definition) is 1. The summed E-state index contributed by atoms with van der Waals surface area (Å²) in [5.41, 5.74) is 0.0279. The summed E-state index contributed by atoms with van der Waals surface area (Å²) in [6.07, 6.45) is 1.50. The molecule has 5 nitrogen and oxygen atoms in total. The Morgan fingerprint density at radius 2 is 2.00 bits per heavy atom. The lowest BCUT2D eigenvalue weighted by Gasteiger charge is -2.08. The van der Waals surface area contributed by atoms with Gasteiger partial charge >= 0.3 is 5.97 Å². The standard InChI is InChI=1S/C13H10ClNO4/c1-18-13(17)10-6-8(2-3-11(10)16)19-9-4-5-15-12(14)7-9/h2-7,16H,1H3. The molecule has 98 valence electrons. The van der Waals surface area contributed by atoms with Crippen molar-refractivity contribution in [1.82, 2.24) is 4.98 Å². The van der Waals surface area contributed by atoms with Gasteiger partial charge in [0, 0.05) is 12.3 Å². The van der Waals surface area contributed by atoms with Gasteiger partial charge in [-0.15, -0.1) is 0 Å². The minimum atomic E-state index is -0.643. The Bertz CT molecular complexity index is 615. The van der Waals surface area contributed by atoms with Gasteiger partial charge in [0.15, 0.2) is 0 Å². The first-order valence-electron chi connectivity index (χ1n) is 5.31. The van der Waals surface area contributed by atoms with Gasteiger partial charge in [0.25, 0.3) is 0 Å². The Kier molecular flexibility index (Phi) is 3.87. The lowest BCUT2D eigenvalue weighted by Crippen LogP contribution is -2.01. The van der Waals surface area contributed by atoms with Gasteiger partial charge in [-0.3, -0.25) is 0 Å². The van der Waals surface area contributed by atoms with E-state index in [0.717, 1.165) is 0 Å². The lowest BCUT2D eigenvalue weighted by atomic mass is 10.2. The van der Waals surface area contributed by atoms with Crippen molar-refractivity contribution in [2.75, 3.05) is 7.11 Å². The molecule has 1 heterocycles. The zero-order valence-electron chi connectivity index (χ0n) is 9.96. The summed E-state index contributed by atoms with van der Waals surface area (Å²) in [5.74, 6) is 0.0321. The number of pyridine rings is 1. The van der Waals surface area contributed by atoms with E-state index in [1.54, 1.807) is 6.07 Å². The number of esters is 1. The van der Waals surface area contributed by atoms with E-state index in [2.05, 4.69) is 9.72 Å². The zero-order chi connectivity index (χ0) is 13.8. The van der Waals surface area contributed by atoms with E-state index in [-0.39, 0.29) is 11.3 Å². The number of methoxy groups -OCH3 is 1. The van der Waals surface area contributed by atoms with Gasteiger partial charge in [-0.1, -0.05) is 11.6 Å². The molecule has 1 aromatic carbocycles. The van der Waals surface area contributed by atoms with E-state index in [1.165, 1.54) is 37.6 Å². The second-order valence-electron chi connectivity index (χ2n) is 3.59. The van der Waals surface area contributed by atoms with Gasteiger partial charge in [-0.25, -0.2) is 9.78 Å². The second-order valence-corrected chi connectivity index (χ2v) is 3.97. The summed E-state index contributed by atoms with van der Waals surface area (Å²) in [7, 11) is 1.23. The Balaban J connectivity index is 2.29. The van der Waals surface area contributed by atoms with E-state index >= 15 is 0 Å². The maximum absolute atomic E-state index is 11.4. The number of rotatable bonds is 3. The van der Waals surface area contributed by atoms with E-state index < -0.39 is 5.97 Å². The van der Waals surface area contributed by atoms with Crippen molar-refractivity contribution >= 4 is 17.6 Å². The highest BCUT2D eigenvalue weighted by atomic mass is 35.5. The van der Waals surface area contributed by atoms with Gasteiger partial charge < -0.3 is 14.6 Å². The molecule has 1 N–H and O–H groups in total. The average molecular weight is 280 g/mol. The van der Waals surface area contributed by atoms with Crippen molar-refractivity contribution in [3.05, 3.63) is 47.2 Å². The third-order valence-corrected chi connectivity index (χ3v) is 2.51. The fraction of sp³-hybridized carbons (Fsp3) is 0.0769. The van der Waals surface area contributed by atoms with Crippen molar-refractivity contribution < 1.29 is 19.4 Å². The predicted molar refractivity (Wildman–Crippen MR) is 68.8 cm³/mol. The van der Waals surface area contributed by atoms with Crippen LogP contribution in [0.2, 0.25) is 5.15 Å². The number of ether oxygens (including phenoxy) is 2. The molecule has 0 atom stereocenters. The van der Waals surface area contributed by atoms with Crippen LogP contribution in [0.3, 0.4) is 0 Å². The molecule has 0 unspecified atom stereocenters. The number of halogens is 1. The van der Waals surface area contributed by atoms with Gasteiger partial charge in [0.1, 0.15) is 28.0 Å². The van der Waals surface area contributed by atoms with E-state index in [0.29, 0.717) is 16.7 Å². The third kappa shape index (κ3) is 3.14. The predicted octanol–water partition coefficient (Wildman–Crippen LogP) is 3.02. The summed E-state index contributed by atoms with van der Waals surface area (Å²) >= 11 is 5.74. The molecule has 0 aliphatic rings. The van der Waals surface area contributed by atoms with Crippen LogP contribution >= 0.6 is 11.6 Å². The summed E-state index contributed by atoms with van der Waals surface area (Å²) in [4.78, 5) is 15.3. The average Bonchev–Trinajstić information content (AvgIpc) is 2.40. The van der Waals surface area contributed by atoms with Crippen molar-refractivity contribution in [2.24, 2.45) is 0 Å². The topological polar surface area (TPSA) is 68.7 Å². The van der Waals surface area contributed by atoms with Crippen LogP contribution < -0.4 is 4.74 Å². The molecule has 6 heteroatoms. The van der Waals surface area contributed by atoms with E-state index in [9.17, 15) is 9.90 Å². The molecule has 0 fully saturated rings. The van der Waals surface area contributed by atoms with E-state index in [4.69, 9.17) is 16.3 Å². The number of carbonyl (C=O) groups excluding carboxylic acids is 1. The van der Waals surface area contributed by atoms with Crippen LogP contribution in [-0.2, 0) is 4.74 Å². The molecule has 0 aliphatic carbocycles. The molecule has 0 bridgehead atoms. The van der Waals surface area contributed by atoms with Crippen molar-refractivity contribution in [3.63, 3.8) is 0 Å². The van der Waals surface area contributed by atoms with Crippen molar-refractivity contribution in [1.29, 1.82) is 0 Å². The minimum absolute atomic E-state index is 0.0279. The summed E-state index contributed by atoms with van der Waals surface area (Å²) in [6, 6.07) is 7.42. The minimum Gasteiger partial charge on any atom is -0.507 e. The molecule has 19 heavy (non-hydrogen) atoms. The molecule has 0 saturated heterocycles. The van der Waals surface area contributed by atoms with Crippen LogP contribution in [0, 0.1) is 0 Å². The highest BCUT2D eigenvalue weighted by Crippen LogP contribution is 2.28. The number of hydrogen-bond acceptors (Lipinski definition) is 5. The van der Waals surface area contributed by atoms with Gasteiger partial charge in [-0.05, 0) is 24.3 Å². The lowest BCUT2D eigenvalue weighted by molar-refractivity contribution is 0.0597. The van der Waals surface area contributed by atoms with Crippen LogP contribution in [0.15, 0.2) is 36.5 Å². The second kappa shape index (κ2) is 5.58. The number of benzene rings is 1. The fourth-order valence-corrected chi connectivity index (χ4v) is 1.60. The first-order valence-corrected chi connectivity index (χ1v) is 5.68. The first-order chi connectivity index (χ1) is 9.10. The SMILES string of the molecule is COC(=O)c1cc(Oc2ccnc(Cl)c2)ccc1O. The molecule has 0 aliphatic heterocycles. The first kappa shape index (κ1) is 13.2. The number of aromatic hydroxyl groups is 1. The molecule has 1 aromatic heterocycles. The summed E-state index contributed by atoms with van der Waals surface area (Å²) < 4.78 is 10.1. The zero-order valence-corrected chi connectivity index (χ0v) is 10.7. The number of nitrogens with zero attached hydrogens (tertiary/aromatic N) is 1. The number of aromatic nitrogens is 1. The molecule has 2 rings (SSSR count). The molecule has 0 spiro atoms. The fourth-order valence-electron chi connectivity index (χ4n) is 1.44. The molecule has 0 saturated carbocycles. The van der Waals surface area contributed by atoms with Crippen LogP contribution in [-0.4, -0.2) is 23.2 Å². The highest BCUT2D eigenvalue weighted by molar-refractivity contribution is 6.29. The molecule has 0 radical (unpaired) electrons. The van der Waals surface area contributed by atoms with Crippen molar-refractivity contribution in [2.45, 2.75) is 0 Å². The normalized spacial score (nSPS) is 10.0. The number of phenols is 1. The van der Waals surface area contributed by atoms with Crippen LogP contribution in [0.5, 0.6) is 17.2 Å². The third-order valence-electron chi connectivity index (χ3n) is 2.31. The Labute approximate surface area is 114 Å². The molecular weight excluding hydrogens is 270 g/mol. The van der Waals surface area contributed by atoms with Crippen LogP contribution in [0.1, 0.15) is 10.4 Å². The number of carbonyl (C=O) groups is 1. The highest BCUT2D eigenvalue weighted by Gasteiger charge is 2.13. The summed E-state index contributed by atoms with van der Waals surface area (Å²) in [5, 5.41) is 9.85. The van der Waals surface area contributed by atoms with E-state index in [1.807, 2.05) is 0 Å². The molecular formula is C13H10ClNO4. The Hall–Kier alpha value is -2.27. The Morgan fingerprint density at radius 1 is 1.26 bits per heavy atom. The van der Waals surface area contributed by atoms with Crippen LogP contribution in [0.25, 0.3) is 0 Å². The van der Waals surface area contributed by atoms with Gasteiger partial charge in [-0.2, -0.15) is 0 Å². The van der Waals surface area contributed by atoms with Gasteiger partial charge in [0.2, 0.25) is 0 Å². The Morgan fingerprint density at radius 3 is 2.68 bits per heavy atom. The van der Waals surface area contributed by atoms with Crippen molar-refractivity contribution in [3.8, 4) is 17.2 Å². The molecule has 2 aromatic rings. The summed E-state index contributed by atoms with van der Waals surface area (Å²) in [6.45, 7) is 0. The maximum atomic E-state index is 11.4. The largest absolute Gasteiger partial charge is 0.507 e. The smallest absolute Gasteiger partial charge is 0.341 e. The van der Waals surface area contributed by atoms with Gasteiger partial charge in [0.05, 0.1) is 7.11 Å². The monoisotopic (exact) mass is 279 g/mol. The van der Waals surface area contributed by atoms with Crippen LogP contribution in [0.4, 0.5) is 0 Å².